The molecule has 2 unspecified atom stereocenters. The van der Waals surface area contributed by atoms with Gasteiger partial charge in [0.05, 0.1) is 7.11 Å². The number of nitrogens with one attached hydrogen (secondary N) is 1. The molecule has 0 aliphatic rings. The second-order valence-electron chi connectivity index (χ2n) is 9.63. The first-order valence-electron chi connectivity index (χ1n) is 12.2. The number of benzene rings is 2. The maximum atomic E-state index is 13.7. The molecule has 2 aromatic carbocycles. The third-order valence-electron chi connectivity index (χ3n) is 6.09. The van der Waals surface area contributed by atoms with Gasteiger partial charge in [0.15, 0.2) is 0 Å². The summed E-state index contributed by atoms with van der Waals surface area (Å²) in [6.07, 6.45) is 0.584. The summed E-state index contributed by atoms with van der Waals surface area (Å²) >= 11 is 0. The van der Waals surface area contributed by atoms with Crippen molar-refractivity contribution in [3.8, 4) is 5.75 Å². The van der Waals surface area contributed by atoms with Crippen molar-refractivity contribution in [2.24, 2.45) is 10.5 Å². The molecule has 12 heteroatoms. The fraction of sp³-hybridized carbons (Fsp3) is 0.520. The summed E-state index contributed by atoms with van der Waals surface area (Å²) in [6, 6.07) is 15.1. The van der Waals surface area contributed by atoms with Crippen molar-refractivity contribution in [3.05, 3.63) is 70.6 Å². The van der Waals surface area contributed by atoms with E-state index >= 15 is 0 Å². The van der Waals surface area contributed by atoms with Crippen LogP contribution < -0.4 is 10.1 Å². The fourth-order valence-electron chi connectivity index (χ4n) is 4.12. The number of rotatable bonds is 17. The van der Waals surface area contributed by atoms with E-state index in [1.807, 2.05) is 44.2 Å². The molecular formula is C25H36BN5O5S. The van der Waals surface area contributed by atoms with Crippen LogP contribution in [0.4, 0.5) is 0 Å². The van der Waals surface area contributed by atoms with Gasteiger partial charge in [0.2, 0.25) is 0 Å². The number of methoxy groups -OCH3 is 1. The number of aliphatic hydroxyl groups is 1. The van der Waals surface area contributed by atoms with Crippen LogP contribution in [0, 0.1) is 5.41 Å². The molecule has 37 heavy (non-hydrogen) atoms. The molecule has 0 spiro atoms. The van der Waals surface area contributed by atoms with E-state index in [0.29, 0.717) is 38.7 Å². The van der Waals surface area contributed by atoms with E-state index in [1.54, 1.807) is 12.1 Å². The van der Waals surface area contributed by atoms with E-state index in [2.05, 4.69) is 15.3 Å². The SMILES string of the molecule is COc1ccc(S(=O)(=O)N(CC(O)C(Cc2ccccc2)NCB=O)CC(C)(C)CCCN=[N+]=[N-])cc1. The van der Waals surface area contributed by atoms with Gasteiger partial charge in [-0.25, -0.2) is 0 Å². The summed E-state index contributed by atoms with van der Waals surface area (Å²) in [6.45, 7) is 4.18. The topological polar surface area (TPSA) is 145 Å². The molecular weight excluding hydrogens is 493 g/mol. The number of ether oxygens (including phenoxy) is 1. The molecule has 0 amide bonds. The molecule has 0 aliphatic heterocycles. The van der Waals surface area contributed by atoms with Gasteiger partial charge in [-0.1, -0.05) is 0 Å². The van der Waals surface area contributed by atoms with Crippen molar-refractivity contribution in [3.63, 3.8) is 0 Å². The molecule has 2 atom stereocenters. The Labute approximate surface area is 220 Å². The third kappa shape index (κ3) is 9.90. The first kappa shape index (κ1) is 30.5. The van der Waals surface area contributed by atoms with E-state index < -0.39 is 27.6 Å². The second-order valence-corrected chi connectivity index (χ2v) is 11.6. The maximum absolute atomic E-state index is 13.7. The molecule has 2 aromatic rings. The van der Waals surface area contributed by atoms with Crippen molar-refractivity contribution < 1.29 is 23.0 Å². The number of aliphatic hydroxyl groups excluding tert-OH is 1. The zero-order valence-corrected chi connectivity index (χ0v) is 22.5. The van der Waals surface area contributed by atoms with Crippen molar-refractivity contribution in [1.29, 1.82) is 0 Å². The van der Waals surface area contributed by atoms with Crippen LogP contribution in [0.15, 0.2) is 64.6 Å². The van der Waals surface area contributed by atoms with Gasteiger partial charge in [-0.05, 0) is 5.53 Å². The van der Waals surface area contributed by atoms with E-state index in [4.69, 9.17) is 10.3 Å². The third-order valence-corrected chi connectivity index (χ3v) is 7.92. The Balaban J connectivity index is 2.34. The zero-order valence-electron chi connectivity index (χ0n) is 21.7. The van der Waals surface area contributed by atoms with Gasteiger partial charge >= 0.3 is 202 Å². The number of hydrogen-bond acceptors (Lipinski definition) is 7. The molecule has 2 rings (SSSR count). The first-order chi connectivity index (χ1) is 17.6. The molecule has 0 bridgehead atoms. The summed E-state index contributed by atoms with van der Waals surface area (Å²) in [4.78, 5) is 2.86. The van der Waals surface area contributed by atoms with Gasteiger partial charge in [0.1, 0.15) is 0 Å². The van der Waals surface area contributed by atoms with Crippen LogP contribution in [-0.4, -0.2) is 70.3 Å². The Morgan fingerprint density at radius 1 is 1.19 bits per heavy atom. The summed E-state index contributed by atoms with van der Waals surface area (Å²) in [5, 5.41) is 17.8. The van der Waals surface area contributed by atoms with Crippen LogP contribution in [0.5, 0.6) is 5.75 Å². The van der Waals surface area contributed by atoms with Gasteiger partial charge < -0.3 is 0 Å². The Morgan fingerprint density at radius 3 is 2.46 bits per heavy atom. The number of nitrogens with zero attached hydrogens (tertiary/aromatic N) is 4. The molecule has 10 nitrogen and oxygen atoms in total. The average Bonchev–Trinajstić information content (AvgIpc) is 2.89. The minimum absolute atomic E-state index is 0.0324. The Hall–Kier alpha value is -2.76. The zero-order chi connectivity index (χ0) is 27.3. The van der Waals surface area contributed by atoms with Crippen LogP contribution in [0.3, 0.4) is 0 Å². The summed E-state index contributed by atoms with van der Waals surface area (Å²) in [5.41, 5.74) is 9.02. The number of azide groups is 1. The van der Waals surface area contributed by atoms with Crippen molar-refractivity contribution in [2.75, 3.05) is 33.2 Å². The van der Waals surface area contributed by atoms with E-state index in [1.165, 1.54) is 23.5 Å². The molecule has 0 fully saturated rings. The second kappa shape index (κ2) is 14.9. The number of sulfonamides is 1. The van der Waals surface area contributed by atoms with Gasteiger partial charge in [-0.15, -0.1) is 0 Å². The van der Waals surface area contributed by atoms with Crippen molar-refractivity contribution >= 4 is 17.2 Å². The van der Waals surface area contributed by atoms with Gasteiger partial charge in [0, 0.05) is 4.91 Å². The normalized spacial score (nSPS) is 13.4. The minimum atomic E-state index is -3.98. The van der Waals surface area contributed by atoms with E-state index in [-0.39, 0.29) is 24.4 Å². The Bertz CT molecular complexity index is 1130. The van der Waals surface area contributed by atoms with E-state index in [9.17, 15) is 18.2 Å². The molecule has 0 heterocycles. The predicted octanol–water partition coefficient (Wildman–Crippen LogP) is 3.37. The first-order valence-corrected chi connectivity index (χ1v) is 13.6. The predicted molar refractivity (Wildman–Crippen MR) is 143 cm³/mol. The summed E-state index contributed by atoms with van der Waals surface area (Å²) in [5.74, 6) is 0.532. The summed E-state index contributed by atoms with van der Waals surface area (Å²) < 4.78 is 45.0. The van der Waals surface area contributed by atoms with E-state index in [0.717, 1.165) is 5.56 Å². The molecule has 200 valence electrons. The Morgan fingerprint density at radius 2 is 1.86 bits per heavy atom. The Kier molecular flexibility index (Phi) is 12.2. The van der Waals surface area contributed by atoms with Crippen molar-refractivity contribution in [1.82, 2.24) is 9.62 Å². The molecule has 0 aromatic heterocycles. The summed E-state index contributed by atoms with van der Waals surface area (Å²) in [7, 11) is -1.76. The molecule has 0 saturated carbocycles. The molecule has 0 aliphatic carbocycles. The monoisotopic (exact) mass is 529 g/mol. The van der Waals surface area contributed by atoms with Gasteiger partial charge in [-0.2, -0.15) is 0 Å². The van der Waals surface area contributed by atoms with Gasteiger partial charge in [-0.3, -0.25) is 0 Å². The van der Waals surface area contributed by atoms with Crippen LogP contribution >= 0.6 is 0 Å². The van der Waals surface area contributed by atoms with Gasteiger partial charge in [0.25, 0.3) is 0 Å². The van der Waals surface area contributed by atoms with Crippen LogP contribution in [-0.2, 0) is 21.1 Å². The van der Waals surface area contributed by atoms with Crippen LogP contribution in [0.25, 0.3) is 10.4 Å². The molecule has 0 saturated heterocycles. The molecule has 0 radical (unpaired) electrons. The van der Waals surface area contributed by atoms with Crippen LogP contribution in [0.2, 0.25) is 0 Å². The average molecular weight is 529 g/mol. The van der Waals surface area contributed by atoms with Crippen LogP contribution in [0.1, 0.15) is 32.3 Å². The molecule has 2 N–H and O–H groups in total. The number of hydrogen-bond donors (Lipinski definition) is 2. The standard InChI is InChI=1S/C25H36BN5O5S/c1-25(2,14-7-15-29-30-27)18-31(37(34,35)22-12-10-21(36-3)11-13-22)17-24(32)23(28-19-26-33)16-20-8-5-4-6-9-20/h4-6,8-13,23-24,28,32H,7,14-19H2,1-3H3. The fourth-order valence-corrected chi connectivity index (χ4v) is 5.77. The quantitative estimate of drug-likeness (QED) is 0.106. The van der Waals surface area contributed by atoms with Crippen molar-refractivity contribution in [2.45, 2.75) is 50.2 Å².